The quantitative estimate of drug-likeness (QED) is 0.464. The SMILES string of the molecule is CCOC(O)(OCC)C(OCC)(OCC)N(C)C.[Nb]. The van der Waals surface area contributed by atoms with Crippen LogP contribution in [0.5, 0.6) is 0 Å². The summed E-state index contributed by atoms with van der Waals surface area (Å²) < 4.78 is 21.9. The molecule has 0 aromatic heterocycles. The Bertz CT molecular complexity index is 216. The van der Waals surface area contributed by atoms with Crippen LogP contribution in [0, 0.1) is 0 Å². The molecule has 7 heteroatoms. The van der Waals surface area contributed by atoms with Crippen LogP contribution < -0.4 is 0 Å². The molecule has 0 fully saturated rings. The molecule has 6 nitrogen and oxygen atoms in total. The van der Waals surface area contributed by atoms with E-state index in [1.165, 1.54) is 0 Å². The van der Waals surface area contributed by atoms with Crippen molar-refractivity contribution in [2.45, 2.75) is 39.6 Å². The number of aliphatic hydroxyl groups is 1. The van der Waals surface area contributed by atoms with E-state index in [2.05, 4.69) is 0 Å². The number of nitrogens with zero attached hydrogens (tertiary/aromatic N) is 1. The summed E-state index contributed by atoms with van der Waals surface area (Å²) in [7, 11) is 3.46. The molecule has 0 heterocycles. The van der Waals surface area contributed by atoms with Crippen molar-refractivity contribution in [3.05, 3.63) is 0 Å². The molecule has 0 aromatic carbocycles. The van der Waals surface area contributed by atoms with E-state index in [-0.39, 0.29) is 35.6 Å². The molecule has 1 N–H and O–H groups in total. The van der Waals surface area contributed by atoms with E-state index < -0.39 is 11.9 Å². The van der Waals surface area contributed by atoms with Gasteiger partial charge < -0.3 is 24.1 Å². The van der Waals surface area contributed by atoms with E-state index >= 15 is 0 Å². The Morgan fingerprint density at radius 2 is 1.11 bits per heavy atom. The molecule has 0 aliphatic carbocycles. The predicted molar refractivity (Wildman–Crippen MR) is 67.9 cm³/mol. The fourth-order valence-electron chi connectivity index (χ4n) is 1.77. The molecule has 0 aliphatic rings. The Kier molecular flexibility index (Phi) is 11.8. The van der Waals surface area contributed by atoms with Crippen molar-refractivity contribution in [3.63, 3.8) is 0 Å². The average molecular weight is 358 g/mol. The van der Waals surface area contributed by atoms with Gasteiger partial charge in [-0.2, -0.15) is 0 Å². The minimum Gasteiger partial charge on any atom is -0.338 e. The van der Waals surface area contributed by atoms with E-state index in [0.29, 0.717) is 13.2 Å². The van der Waals surface area contributed by atoms with Crippen molar-refractivity contribution in [1.29, 1.82) is 0 Å². The fourth-order valence-corrected chi connectivity index (χ4v) is 1.77. The Labute approximate surface area is 131 Å². The van der Waals surface area contributed by atoms with Gasteiger partial charge in [0.05, 0.1) is 0 Å². The van der Waals surface area contributed by atoms with Gasteiger partial charge in [-0.3, -0.25) is 4.90 Å². The van der Waals surface area contributed by atoms with Crippen LogP contribution in [-0.4, -0.2) is 62.4 Å². The molecule has 0 aromatic rings. The van der Waals surface area contributed by atoms with Gasteiger partial charge in [0.25, 0.3) is 0 Å². The van der Waals surface area contributed by atoms with Crippen molar-refractivity contribution >= 4 is 0 Å². The van der Waals surface area contributed by atoms with Crippen LogP contribution in [0.25, 0.3) is 0 Å². The summed E-state index contributed by atoms with van der Waals surface area (Å²) in [6, 6.07) is 0. The first-order chi connectivity index (χ1) is 8.44. The van der Waals surface area contributed by atoms with Crippen molar-refractivity contribution in [2.24, 2.45) is 0 Å². The molecule has 115 valence electrons. The van der Waals surface area contributed by atoms with E-state index in [1.54, 1.807) is 32.8 Å². The van der Waals surface area contributed by atoms with Crippen LogP contribution in [0.1, 0.15) is 27.7 Å². The van der Waals surface area contributed by atoms with E-state index in [0.717, 1.165) is 0 Å². The number of likely N-dealkylation sites (N-methyl/N-ethyl adjacent to an activating group) is 1. The third-order valence-corrected chi connectivity index (χ3v) is 2.35. The molecule has 19 heavy (non-hydrogen) atoms. The first-order valence-electron chi connectivity index (χ1n) is 6.39. The first kappa shape index (κ1) is 21.8. The topological polar surface area (TPSA) is 60.4 Å². The first-order valence-corrected chi connectivity index (χ1v) is 6.39. The van der Waals surface area contributed by atoms with Crippen molar-refractivity contribution in [2.75, 3.05) is 40.5 Å². The molecular weight excluding hydrogens is 331 g/mol. The number of hydrogen-bond donors (Lipinski definition) is 1. The van der Waals surface area contributed by atoms with Gasteiger partial charge in [-0.05, 0) is 41.8 Å². The maximum Gasteiger partial charge on any atom is 0.354 e. The Morgan fingerprint density at radius 1 is 0.789 bits per heavy atom. The Hall–Kier alpha value is 0.500. The van der Waals surface area contributed by atoms with Gasteiger partial charge in [-0.1, -0.05) is 0 Å². The fraction of sp³-hybridized carbons (Fsp3) is 1.00. The third kappa shape index (κ3) is 5.08. The average Bonchev–Trinajstić information content (AvgIpc) is 2.28. The molecule has 0 saturated heterocycles. The van der Waals surface area contributed by atoms with E-state index in [1.807, 2.05) is 13.8 Å². The van der Waals surface area contributed by atoms with Crippen LogP contribution in [0.3, 0.4) is 0 Å². The molecule has 0 saturated carbocycles. The second kappa shape index (κ2) is 10.3. The van der Waals surface area contributed by atoms with Crippen LogP contribution in [-0.2, 0) is 41.3 Å². The Balaban J connectivity index is 0. The normalized spacial score (nSPS) is 12.6. The van der Waals surface area contributed by atoms with Gasteiger partial charge in [-0.15, -0.1) is 0 Å². The second-order valence-corrected chi connectivity index (χ2v) is 3.79. The predicted octanol–water partition coefficient (Wildman–Crippen LogP) is 0.991. The van der Waals surface area contributed by atoms with Gasteiger partial charge in [0, 0.05) is 48.8 Å². The van der Waals surface area contributed by atoms with Gasteiger partial charge in [0.2, 0.25) is 0 Å². The largest absolute Gasteiger partial charge is 0.354 e. The summed E-state index contributed by atoms with van der Waals surface area (Å²) in [6.45, 7) is 8.40. The maximum atomic E-state index is 10.6. The molecule has 0 amide bonds. The molecule has 0 atom stereocenters. The molecule has 0 bridgehead atoms. The molecule has 0 unspecified atom stereocenters. The summed E-state index contributed by atoms with van der Waals surface area (Å²) >= 11 is 0. The molecule has 0 spiro atoms. The number of rotatable bonds is 10. The van der Waals surface area contributed by atoms with E-state index in [4.69, 9.17) is 18.9 Å². The van der Waals surface area contributed by atoms with Gasteiger partial charge >= 0.3 is 11.9 Å². The van der Waals surface area contributed by atoms with Crippen molar-refractivity contribution in [1.82, 2.24) is 4.90 Å². The minimum atomic E-state index is -1.98. The summed E-state index contributed by atoms with van der Waals surface area (Å²) in [6.07, 6.45) is 0. The molecule has 0 aliphatic heterocycles. The molecule has 0 rings (SSSR count). The summed E-state index contributed by atoms with van der Waals surface area (Å²) in [5.74, 6) is -3.48. The smallest absolute Gasteiger partial charge is 0.338 e. The monoisotopic (exact) mass is 358 g/mol. The van der Waals surface area contributed by atoms with Crippen molar-refractivity contribution in [3.8, 4) is 0 Å². The summed E-state index contributed by atoms with van der Waals surface area (Å²) in [5.41, 5.74) is 0. The van der Waals surface area contributed by atoms with Crippen LogP contribution in [0.15, 0.2) is 0 Å². The van der Waals surface area contributed by atoms with Crippen LogP contribution in [0.4, 0.5) is 0 Å². The van der Waals surface area contributed by atoms with Crippen molar-refractivity contribution < 1.29 is 46.4 Å². The van der Waals surface area contributed by atoms with Gasteiger partial charge in [-0.25, -0.2) is 0 Å². The zero-order valence-corrected chi connectivity index (χ0v) is 15.0. The maximum absolute atomic E-state index is 10.6. The number of ether oxygens (including phenoxy) is 4. The zero-order chi connectivity index (χ0) is 14.2. The minimum absolute atomic E-state index is 0. The molecular formula is C12H27NNbO5. The second-order valence-electron chi connectivity index (χ2n) is 3.79. The van der Waals surface area contributed by atoms with Crippen LogP contribution in [0.2, 0.25) is 0 Å². The zero-order valence-electron chi connectivity index (χ0n) is 12.8. The third-order valence-electron chi connectivity index (χ3n) is 2.35. The number of hydrogen-bond acceptors (Lipinski definition) is 6. The Morgan fingerprint density at radius 3 is 1.32 bits per heavy atom. The van der Waals surface area contributed by atoms with Gasteiger partial charge in [0.1, 0.15) is 0 Å². The standard InChI is InChI=1S/C12H27NO5.Nb/c1-7-15-11(13(5)6,16-8-2)12(14,17-9-3)18-10-4;/h14H,7-10H2,1-6H3;. The van der Waals surface area contributed by atoms with E-state index in [9.17, 15) is 5.11 Å². The summed E-state index contributed by atoms with van der Waals surface area (Å²) in [5, 5.41) is 10.6. The summed E-state index contributed by atoms with van der Waals surface area (Å²) in [4.78, 5) is 1.60. The van der Waals surface area contributed by atoms with Crippen LogP contribution >= 0.6 is 0 Å². The molecule has 1 radical (unpaired) electrons. The van der Waals surface area contributed by atoms with Gasteiger partial charge in [0.15, 0.2) is 0 Å².